The second kappa shape index (κ2) is 14.6. The number of aliphatic hydroxyl groups excluding tert-OH is 1. The summed E-state index contributed by atoms with van der Waals surface area (Å²) >= 11 is 1.56. The van der Waals surface area contributed by atoms with Crippen LogP contribution in [0, 0.1) is 13.8 Å². The fourth-order valence-electron chi connectivity index (χ4n) is 5.73. The van der Waals surface area contributed by atoms with Gasteiger partial charge in [-0.1, -0.05) is 30.3 Å². The first kappa shape index (κ1) is 33.3. The van der Waals surface area contributed by atoms with E-state index in [0.717, 1.165) is 47.8 Å². The molecule has 2 amide bonds. The first-order chi connectivity index (χ1) is 22.0. The largest absolute Gasteiger partial charge is 0.390 e. The van der Waals surface area contributed by atoms with Crippen molar-refractivity contribution >= 4 is 23.2 Å². The van der Waals surface area contributed by atoms with Crippen molar-refractivity contribution in [2.45, 2.75) is 70.7 Å². The van der Waals surface area contributed by atoms with Crippen molar-refractivity contribution in [2.75, 3.05) is 13.1 Å². The molecule has 0 bridgehead atoms. The standard InChI is InChI=1S/C35H39F2N5O3S/c1-22-12-26(16-27(13-22)34(45)42-11-7-10-30(42)33-40-23(2)21-46-33)32(44)41-29(15-24-8-5-4-6-9-24)31(43)20-39-18-25-14-28(19-38-17-25)35(3,36)37/h4-6,8-9,12-14,16-17,19,21,29-31,39,43H,7,10-11,15,18,20H2,1-3H3,(H,41,44). The number of hydrogen-bond acceptors (Lipinski definition) is 7. The second-order valence-electron chi connectivity index (χ2n) is 12.0. The molecule has 0 spiro atoms. The highest BCUT2D eigenvalue weighted by molar-refractivity contribution is 7.09. The van der Waals surface area contributed by atoms with Crippen molar-refractivity contribution < 1.29 is 23.5 Å². The summed E-state index contributed by atoms with van der Waals surface area (Å²) in [4.78, 5) is 37.8. The molecular weight excluding hydrogens is 608 g/mol. The Bertz CT molecular complexity index is 1660. The number of aryl methyl sites for hydroxylation is 2. The maximum absolute atomic E-state index is 13.8. The van der Waals surface area contributed by atoms with Crippen LogP contribution in [-0.4, -0.2) is 57.0 Å². The molecule has 11 heteroatoms. The van der Waals surface area contributed by atoms with Gasteiger partial charge in [-0.3, -0.25) is 14.6 Å². The lowest BCUT2D eigenvalue weighted by Gasteiger charge is -2.26. The van der Waals surface area contributed by atoms with E-state index < -0.39 is 24.0 Å². The molecule has 0 aliphatic carbocycles. The number of rotatable bonds is 12. The third-order valence-corrected chi connectivity index (χ3v) is 9.15. The maximum atomic E-state index is 13.8. The molecule has 1 aliphatic rings. The molecule has 3 heterocycles. The number of pyridine rings is 1. The first-order valence-corrected chi connectivity index (χ1v) is 16.3. The van der Waals surface area contributed by atoms with Gasteiger partial charge < -0.3 is 20.6 Å². The molecule has 3 N–H and O–H groups in total. The van der Waals surface area contributed by atoms with Crippen LogP contribution in [0.5, 0.6) is 0 Å². The number of nitrogens with one attached hydrogen (secondary N) is 2. The minimum Gasteiger partial charge on any atom is -0.390 e. The summed E-state index contributed by atoms with van der Waals surface area (Å²) in [5.74, 6) is -3.56. The number of likely N-dealkylation sites (tertiary alicyclic amines) is 1. The van der Waals surface area contributed by atoms with Crippen LogP contribution in [-0.2, 0) is 18.9 Å². The maximum Gasteiger partial charge on any atom is 0.272 e. The third-order valence-electron chi connectivity index (χ3n) is 8.09. The molecule has 3 atom stereocenters. The smallest absolute Gasteiger partial charge is 0.272 e. The average Bonchev–Trinajstić information content (AvgIpc) is 3.69. The quantitative estimate of drug-likeness (QED) is 0.181. The van der Waals surface area contributed by atoms with E-state index in [1.165, 1.54) is 12.3 Å². The Morgan fingerprint density at radius 1 is 1.09 bits per heavy atom. The van der Waals surface area contributed by atoms with Gasteiger partial charge in [-0.25, -0.2) is 13.8 Å². The van der Waals surface area contributed by atoms with Gasteiger partial charge in [-0.15, -0.1) is 11.3 Å². The minimum absolute atomic E-state index is 0.0846. The van der Waals surface area contributed by atoms with Crippen LogP contribution in [0.2, 0.25) is 0 Å². The lowest BCUT2D eigenvalue weighted by atomic mass is 9.99. The van der Waals surface area contributed by atoms with Gasteiger partial charge in [0.2, 0.25) is 0 Å². The molecule has 1 fully saturated rings. The number of carbonyl (C=O) groups is 2. The summed E-state index contributed by atoms with van der Waals surface area (Å²) < 4.78 is 27.5. The van der Waals surface area contributed by atoms with E-state index in [2.05, 4.69) is 20.6 Å². The molecule has 3 unspecified atom stereocenters. The number of benzene rings is 2. The second-order valence-corrected chi connectivity index (χ2v) is 12.9. The molecule has 4 aromatic rings. The number of hydrogen-bond donors (Lipinski definition) is 3. The fourth-order valence-corrected chi connectivity index (χ4v) is 6.67. The lowest BCUT2D eigenvalue weighted by molar-refractivity contribution is 0.0170. The van der Waals surface area contributed by atoms with Gasteiger partial charge in [0.1, 0.15) is 5.01 Å². The SMILES string of the molecule is Cc1cc(C(=O)NC(Cc2ccccc2)C(O)CNCc2cncc(C(C)(F)F)c2)cc(C(=O)N2CCCC2c2nc(C)cs2)c1. The summed E-state index contributed by atoms with van der Waals surface area (Å²) in [6.07, 6.45) is 3.71. The first-order valence-electron chi connectivity index (χ1n) is 15.4. The van der Waals surface area contributed by atoms with Crippen LogP contribution in [0.15, 0.2) is 72.4 Å². The summed E-state index contributed by atoms with van der Waals surface area (Å²) in [6.45, 7) is 5.53. The van der Waals surface area contributed by atoms with Gasteiger partial charge in [0.15, 0.2) is 0 Å². The molecule has 242 valence electrons. The van der Waals surface area contributed by atoms with Crippen LogP contribution in [0.25, 0.3) is 0 Å². The van der Waals surface area contributed by atoms with Crippen LogP contribution in [0.1, 0.15) is 79.5 Å². The predicted molar refractivity (Wildman–Crippen MR) is 174 cm³/mol. The molecular formula is C35H39F2N5O3S. The lowest BCUT2D eigenvalue weighted by Crippen LogP contribution is -2.48. The molecule has 1 aliphatic heterocycles. The van der Waals surface area contributed by atoms with E-state index >= 15 is 0 Å². The zero-order valence-corrected chi connectivity index (χ0v) is 27.0. The van der Waals surface area contributed by atoms with Crippen molar-refractivity contribution in [1.82, 2.24) is 25.5 Å². The van der Waals surface area contributed by atoms with E-state index in [1.807, 2.05) is 54.5 Å². The van der Waals surface area contributed by atoms with E-state index in [0.29, 0.717) is 29.7 Å². The van der Waals surface area contributed by atoms with Crippen molar-refractivity contribution in [1.29, 1.82) is 0 Å². The Kier molecular flexibility index (Phi) is 10.6. The van der Waals surface area contributed by atoms with Crippen LogP contribution >= 0.6 is 11.3 Å². The van der Waals surface area contributed by atoms with Gasteiger partial charge in [-0.2, -0.15) is 0 Å². The number of alkyl halides is 2. The summed E-state index contributed by atoms with van der Waals surface area (Å²) in [6, 6.07) is 15.3. The van der Waals surface area contributed by atoms with Crippen LogP contribution in [0.4, 0.5) is 8.78 Å². The van der Waals surface area contributed by atoms with Gasteiger partial charge in [0.05, 0.1) is 18.2 Å². The van der Waals surface area contributed by atoms with E-state index in [9.17, 15) is 23.5 Å². The van der Waals surface area contributed by atoms with Crippen molar-refractivity contribution in [3.63, 3.8) is 0 Å². The molecule has 1 saturated heterocycles. The number of aromatic nitrogens is 2. The molecule has 2 aromatic carbocycles. The number of aliphatic hydroxyl groups is 1. The van der Waals surface area contributed by atoms with Crippen molar-refractivity contribution in [3.8, 4) is 0 Å². The Hall–Kier alpha value is -4.06. The zero-order valence-electron chi connectivity index (χ0n) is 26.2. The van der Waals surface area contributed by atoms with Crippen LogP contribution in [0.3, 0.4) is 0 Å². The van der Waals surface area contributed by atoms with Gasteiger partial charge in [0.25, 0.3) is 17.7 Å². The zero-order chi connectivity index (χ0) is 32.8. The minimum atomic E-state index is -3.01. The Balaban J connectivity index is 1.29. The molecule has 0 radical (unpaired) electrons. The summed E-state index contributed by atoms with van der Waals surface area (Å²) in [7, 11) is 0. The van der Waals surface area contributed by atoms with Crippen molar-refractivity contribution in [3.05, 3.63) is 116 Å². The van der Waals surface area contributed by atoms with Gasteiger partial charge in [0, 0.05) is 66.7 Å². The Morgan fingerprint density at radius 3 is 2.57 bits per heavy atom. The molecule has 2 aromatic heterocycles. The monoisotopic (exact) mass is 647 g/mol. The number of halogens is 2. The Morgan fingerprint density at radius 2 is 1.85 bits per heavy atom. The average molecular weight is 648 g/mol. The topological polar surface area (TPSA) is 107 Å². The van der Waals surface area contributed by atoms with Gasteiger partial charge in [-0.05, 0) is 74.1 Å². The summed E-state index contributed by atoms with van der Waals surface area (Å²) in [5.41, 5.74) is 3.75. The highest BCUT2D eigenvalue weighted by atomic mass is 32.1. The molecule has 46 heavy (non-hydrogen) atoms. The third kappa shape index (κ3) is 8.39. The molecule has 0 saturated carbocycles. The number of nitrogens with zero attached hydrogens (tertiary/aromatic N) is 3. The number of carbonyl (C=O) groups excluding carboxylic acids is 2. The van der Waals surface area contributed by atoms with Crippen LogP contribution < -0.4 is 10.6 Å². The fraction of sp³-hybridized carbons (Fsp3) is 0.371. The predicted octanol–water partition coefficient (Wildman–Crippen LogP) is 5.74. The normalized spacial score (nSPS) is 16.3. The van der Waals surface area contributed by atoms with Gasteiger partial charge >= 0.3 is 0 Å². The van der Waals surface area contributed by atoms with E-state index in [1.54, 1.807) is 29.5 Å². The highest BCUT2D eigenvalue weighted by Crippen LogP contribution is 2.35. The van der Waals surface area contributed by atoms with Crippen molar-refractivity contribution in [2.24, 2.45) is 0 Å². The molecule has 8 nitrogen and oxygen atoms in total. The Labute approximate surface area is 271 Å². The summed E-state index contributed by atoms with van der Waals surface area (Å²) in [5, 5.41) is 20.2. The molecule has 5 rings (SSSR count). The number of thiazole rings is 1. The van der Waals surface area contributed by atoms with E-state index in [4.69, 9.17) is 0 Å². The van der Waals surface area contributed by atoms with E-state index in [-0.39, 0.29) is 30.6 Å². The highest BCUT2D eigenvalue weighted by Gasteiger charge is 2.33. The number of amides is 2.